The number of aryl methyl sites for hydroxylation is 1. The van der Waals surface area contributed by atoms with E-state index < -0.39 is 5.97 Å². The van der Waals surface area contributed by atoms with Crippen LogP contribution in [0.25, 0.3) is 16.9 Å². The number of hydrogen-bond acceptors (Lipinski definition) is 4. The molecular formula is C17H11FN4O2. The number of aromatic carboxylic acids is 1. The fourth-order valence-corrected chi connectivity index (χ4v) is 2.36. The second-order valence-electron chi connectivity index (χ2n) is 5.14. The van der Waals surface area contributed by atoms with Gasteiger partial charge < -0.3 is 5.11 Å². The maximum atomic E-state index is 13.3. The first-order chi connectivity index (χ1) is 11.5. The van der Waals surface area contributed by atoms with Gasteiger partial charge >= 0.3 is 5.97 Å². The summed E-state index contributed by atoms with van der Waals surface area (Å²) in [5, 5.41) is 22.3. The van der Waals surface area contributed by atoms with Gasteiger partial charge in [-0.25, -0.2) is 18.9 Å². The van der Waals surface area contributed by atoms with E-state index in [1.165, 1.54) is 41.5 Å². The average Bonchev–Trinajstić information content (AvgIpc) is 3.05. The smallest absolute Gasteiger partial charge is 0.338 e. The maximum absolute atomic E-state index is 13.3. The van der Waals surface area contributed by atoms with Crippen molar-refractivity contribution in [1.82, 2.24) is 14.8 Å². The van der Waals surface area contributed by atoms with E-state index in [0.717, 1.165) is 0 Å². The lowest BCUT2D eigenvalue weighted by atomic mass is 9.98. The van der Waals surface area contributed by atoms with Gasteiger partial charge in [0.25, 0.3) is 0 Å². The van der Waals surface area contributed by atoms with E-state index in [1.54, 1.807) is 13.0 Å². The Morgan fingerprint density at radius 2 is 2.08 bits per heavy atom. The Morgan fingerprint density at radius 3 is 2.71 bits per heavy atom. The van der Waals surface area contributed by atoms with Gasteiger partial charge in [-0.05, 0) is 30.2 Å². The van der Waals surface area contributed by atoms with Crippen molar-refractivity contribution in [1.29, 1.82) is 5.26 Å². The van der Waals surface area contributed by atoms with Crippen molar-refractivity contribution in [2.45, 2.75) is 6.92 Å². The zero-order valence-electron chi connectivity index (χ0n) is 12.6. The summed E-state index contributed by atoms with van der Waals surface area (Å²) in [5.74, 6) is -1.13. The number of carboxylic acids is 1. The standard InChI is InChI=1S/C17H11FN4O2/c1-10-4-13(18)2-3-14(10)15-8-20-16(5-11(15)6-19)22-9-12(7-21-22)17(23)24/h2-5,7-9H,1H3,(H,23,24). The summed E-state index contributed by atoms with van der Waals surface area (Å²) in [6, 6.07) is 7.90. The Morgan fingerprint density at radius 1 is 1.29 bits per heavy atom. The molecule has 0 unspecified atom stereocenters. The molecule has 0 saturated heterocycles. The van der Waals surface area contributed by atoms with Crippen LogP contribution in [0.15, 0.2) is 42.9 Å². The number of carbonyl (C=O) groups is 1. The van der Waals surface area contributed by atoms with Crippen LogP contribution in [0.1, 0.15) is 21.5 Å². The second kappa shape index (κ2) is 5.93. The largest absolute Gasteiger partial charge is 0.478 e. The Hall–Kier alpha value is -3.53. The van der Waals surface area contributed by atoms with E-state index in [9.17, 15) is 14.4 Å². The van der Waals surface area contributed by atoms with Gasteiger partial charge in [-0.3, -0.25) is 0 Å². The van der Waals surface area contributed by atoms with Crippen molar-refractivity contribution < 1.29 is 14.3 Å². The average molecular weight is 322 g/mol. The van der Waals surface area contributed by atoms with Crippen LogP contribution in [0.4, 0.5) is 4.39 Å². The van der Waals surface area contributed by atoms with Gasteiger partial charge in [-0.1, -0.05) is 6.07 Å². The Balaban J connectivity index is 2.08. The molecule has 0 spiro atoms. The molecule has 24 heavy (non-hydrogen) atoms. The highest BCUT2D eigenvalue weighted by Gasteiger charge is 2.13. The Labute approximate surface area is 136 Å². The molecule has 118 valence electrons. The molecule has 0 radical (unpaired) electrons. The van der Waals surface area contributed by atoms with Crippen molar-refractivity contribution >= 4 is 5.97 Å². The first-order valence-electron chi connectivity index (χ1n) is 6.94. The van der Waals surface area contributed by atoms with Crippen LogP contribution in [0.2, 0.25) is 0 Å². The van der Waals surface area contributed by atoms with Crippen molar-refractivity contribution in [2.75, 3.05) is 0 Å². The van der Waals surface area contributed by atoms with E-state index in [-0.39, 0.29) is 11.4 Å². The molecule has 0 amide bonds. The fraction of sp³-hybridized carbons (Fsp3) is 0.0588. The molecule has 0 aliphatic heterocycles. The van der Waals surface area contributed by atoms with Crippen molar-refractivity contribution in [3.63, 3.8) is 0 Å². The van der Waals surface area contributed by atoms with E-state index in [2.05, 4.69) is 16.2 Å². The highest BCUT2D eigenvalue weighted by Crippen LogP contribution is 2.27. The number of halogens is 1. The summed E-state index contributed by atoms with van der Waals surface area (Å²) in [7, 11) is 0. The number of aromatic nitrogens is 3. The summed E-state index contributed by atoms with van der Waals surface area (Å²) in [4.78, 5) is 15.1. The van der Waals surface area contributed by atoms with Gasteiger partial charge in [0.2, 0.25) is 0 Å². The minimum Gasteiger partial charge on any atom is -0.478 e. The monoisotopic (exact) mass is 322 g/mol. The van der Waals surface area contributed by atoms with Crippen LogP contribution >= 0.6 is 0 Å². The summed E-state index contributed by atoms with van der Waals surface area (Å²) in [6.45, 7) is 1.75. The highest BCUT2D eigenvalue weighted by atomic mass is 19.1. The van der Waals surface area contributed by atoms with Crippen LogP contribution in [-0.4, -0.2) is 25.8 Å². The molecule has 0 atom stereocenters. The van der Waals surface area contributed by atoms with E-state index in [1.807, 2.05) is 0 Å². The predicted molar refractivity (Wildman–Crippen MR) is 83.2 cm³/mol. The molecule has 0 aliphatic carbocycles. The van der Waals surface area contributed by atoms with Gasteiger partial charge in [-0.15, -0.1) is 0 Å². The topological polar surface area (TPSA) is 91.8 Å². The van der Waals surface area contributed by atoms with Crippen molar-refractivity contribution in [3.8, 4) is 23.0 Å². The number of nitriles is 1. The van der Waals surface area contributed by atoms with Crippen molar-refractivity contribution in [3.05, 3.63) is 65.4 Å². The fourth-order valence-electron chi connectivity index (χ4n) is 2.36. The highest BCUT2D eigenvalue weighted by molar-refractivity contribution is 5.87. The van der Waals surface area contributed by atoms with Gasteiger partial charge in [0.15, 0.2) is 5.82 Å². The third-order valence-electron chi connectivity index (χ3n) is 3.55. The SMILES string of the molecule is Cc1cc(F)ccc1-c1cnc(-n2cc(C(=O)O)cn2)cc1C#N. The summed E-state index contributed by atoms with van der Waals surface area (Å²) < 4.78 is 14.5. The first kappa shape index (κ1) is 15.4. The third-order valence-corrected chi connectivity index (χ3v) is 3.55. The molecule has 3 aromatic rings. The lowest BCUT2D eigenvalue weighted by molar-refractivity contribution is 0.0697. The minimum absolute atomic E-state index is 0.0220. The molecule has 0 saturated carbocycles. The lowest BCUT2D eigenvalue weighted by Crippen LogP contribution is -2.01. The molecule has 7 heteroatoms. The van der Waals surface area contributed by atoms with Crippen molar-refractivity contribution in [2.24, 2.45) is 0 Å². The normalized spacial score (nSPS) is 10.4. The number of nitrogens with zero attached hydrogens (tertiary/aromatic N) is 4. The Bertz CT molecular complexity index is 988. The molecule has 0 aliphatic rings. The molecule has 0 fully saturated rings. The third kappa shape index (κ3) is 2.73. The van der Waals surface area contributed by atoms with Crippen LogP contribution in [0.5, 0.6) is 0 Å². The minimum atomic E-state index is -1.10. The Kier molecular flexibility index (Phi) is 3.80. The maximum Gasteiger partial charge on any atom is 0.338 e. The second-order valence-corrected chi connectivity index (χ2v) is 5.14. The van der Waals surface area contributed by atoms with E-state index in [4.69, 9.17) is 5.11 Å². The molecule has 1 N–H and O–H groups in total. The predicted octanol–water partition coefficient (Wildman–Crippen LogP) is 2.95. The zero-order chi connectivity index (χ0) is 17.3. The van der Waals surface area contributed by atoms with Crippen LogP contribution in [0.3, 0.4) is 0 Å². The molecule has 6 nitrogen and oxygen atoms in total. The summed E-state index contributed by atoms with van der Waals surface area (Å²) in [6.07, 6.45) is 4.01. The van der Waals surface area contributed by atoms with E-state index in [0.29, 0.717) is 28.1 Å². The number of hydrogen-bond donors (Lipinski definition) is 1. The van der Waals surface area contributed by atoms with Crippen LogP contribution < -0.4 is 0 Å². The summed E-state index contributed by atoms with van der Waals surface area (Å²) >= 11 is 0. The number of rotatable bonds is 3. The quantitative estimate of drug-likeness (QED) is 0.800. The summed E-state index contributed by atoms with van der Waals surface area (Å²) in [5.41, 5.74) is 2.33. The number of carboxylic acid groups (broad SMARTS) is 1. The molecule has 3 rings (SSSR count). The zero-order valence-corrected chi connectivity index (χ0v) is 12.6. The molecule has 2 heterocycles. The number of benzene rings is 1. The van der Waals surface area contributed by atoms with Crippen LogP contribution in [-0.2, 0) is 0 Å². The molecular weight excluding hydrogens is 311 g/mol. The van der Waals surface area contributed by atoms with E-state index >= 15 is 0 Å². The first-order valence-corrected chi connectivity index (χ1v) is 6.94. The van der Waals surface area contributed by atoms with Gasteiger partial charge in [0, 0.05) is 24.0 Å². The van der Waals surface area contributed by atoms with Gasteiger partial charge in [-0.2, -0.15) is 10.4 Å². The molecule has 0 bridgehead atoms. The molecule has 2 aromatic heterocycles. The lowest BCUT2D eigenvalue weighted by Gasteiger charge is -2.09. The van der Waals surface area contributed by atoms with Gasteiger partial charge in [0.1, 0.15) is 5.82 Å². The molecule has 1 aromatic carbocycles. The van der Waals surface area contributed by atoms with Crippen LogP contribution in [0, 0.1) is 24.1 Å². The van der Waals surface area contributed by atoms with Gasteiger partial charge in [0.05, 0.1) is 23.4 Å². The number of pyridine rings is 1.